The van der Waals surface area contributed by atoms with Gasteiger partial charge in [0, 0.05) is 12.2 Å². The smallest absolute Gasteiger partial charge is 0.295 e. The van der Waals surface area contributed by atoms with E-state index in [4.69, 9.17) is 5.26 Å². The first-order chi connectivity index (χ1) is 8.28. The van der Waals surface area contributed by atoms with Gasteiger partial charge >= 0.3 is 5.69 Å². The number of nitriles is 1. The number of aryl methyl sites for hydroxylation is 1. The zero-order valence-corrected chi connectivity index (χ0v) is 12.8. The van der Waals surface area contributed by atoms with Crippen LogP contribution in [0, 0.1) is 30.6 Å². The lowest BCUT2D eigenvalue weighted by atomic mass is 9.90. The van der Waals surface area contributed by atoms with Crippen molar-refractivity contribution in [3.63, 3.8) is 0 Å². The minimum atomic E-state index is -0.340. The quantitative estimate of drug-likeness (QED) is 0.859. The molecule has 1 heterocycles. The highest BCUT2D eigenvalue weighted by molar-refractivity contribution is 9.10. The largest absolute Gasteiger partial charge is 0.348 e. The third-order valence-electron chi connectivity index (χ3n) is 3.02. The van der Waals surface area contributed by atoms with Crippen molar-refractivity contribution in [1.29, 1.82) is 5.26 Å². The van der Waals surface area contributed by atoms with Gasteiger partial charge < -0.3 is 0 Å². The van der Waals surface area contributed by atoms with Crippen molar-refractivity contribution in [2.45, 2.75) is 47.1 Å². The second-order valence-corrected chi connectivity index (χ2v) is 5.92. The van der Waals surface area contributed by atoms with Crippen molar-refractivity contribution >= 4 is 15.9 Å². The molecule has 0 saturated heterocycles. The topological polar surface area (TPSA) is 58.7 Å². The lowest BCUT2D eigenvalue weighted by molar-refractivity contribution is 0.409. The second-order valence-electron chi connectivity index (χ2n) is 5.13. The molecule has 0 fully saturated rings. The van der Waals surface area contributed by atoms with Crippen molar-refractivity contribution in [3.05, 3.63) is 26.3 Å². The summed E-state index contributed by atoms with van der Waals surface area (Å²) in [5, 5.41) is 8.94. The highest BCUT2D eigenvalue weighted by Gasteiger charge is 2.16. The summed E-state index contributed by atoms with van der Waals surface area (Å²) in [6.45, 7) is 8.12. The van der Waals surface area contributed by atoms with Gasteiger partial charge in [-0.1, -0.05) is 0 Å². The van der Waals surface area contributed by atoms with Crippen LogP contribution in [0.3, 0.4) is 0 Å². The zero-order valence-electron chi connectivity index (χ0n) is 11.2. The first-order valence-electron chi connectivity index (χ1n) is 5.93. The van der Waals surface area contributed by atoms with Gasteiger partial charge in [0.05, 0.1) is 21.7 Å². The summed E-state index contributed by atoms with van der Waals surface area (Å²) in [5.41, 5.74) is 1.05. The molecule has 98 valence electrons. The minimum Gasteiger partial charge on any atom is -0.295 e. The van der Waals surface area contributed by atoms with Crippen molar-refractivity contribution < 1.29 is 0 Å². The molecule has 0 saturated carbocycles. The standard InChI is InChI=1S/C13H18BrN3O/c1-9-11(14)10(2)17(12(18)16-9)7-5-6-13(3,4)8-15/h5-7H2,1-4H3. The molecule has 5 heteroatoms. The molecule has 18 heavy (non-hydrogen) atoms. The minimum absolute atomic E-state index is 0.219. The highest BCUT2D eigenvalue weighted by Crippen LogP contribution is 2.22. The maximum atomic E-state index is 11.8. The predicted molar refractivity (Wildman–Crippen MR) is 74.3 cm³/mol. The van der Waals surface area contributed by atoms with Crippen LogP contribution < -0.4 is 5.69 Å². The van der Waals surface area contributed by atoms with E-state index in [1.54, 1.807) is 4.57 Å². The molecule has 0 atom stereocenters. The lowest BCUT2D eigenvalue weighted by Gasteiger charge is -2.16. The molecule has 1 aromatic rings. The van der Waals surface area contributed by atoms with Gasteiger partial charge in [-0.3, -0.25) is 4.57 Å². The lowest BCUT2D eigenvalue weighted by Crippen LogP contribution is -2.27. The van der Waals surface area contributed by atoms with Gasteiger partial charge in [0.1, 0.15) is 0 Å². The van der Waals surface area contributed by atoms with Crippen molar-refractivity contribution in [2.75, 3.05) is 0 Å². The van der Waals surface area contributed by atoms with E-state index in [0.717, 1.165) is 23.0 Å². The van der Waals surface area contributed by atoms with Crippen LogP contribution in [-0.2, 0) is 6.54 Å². The molecule has 0 N–H and O–H groups in total. The molecule has 0 aliphatic heterocycles. The number of hydrogen-bond donors (Lipinski definition) is 0. The maximum absolute atomic E-state index is 11.8. The fourth-order valence-electron chi connectivity index (χ4n) is 1.78. The molecule has 0 radical (unpaired) electrons. The second kappa shape index (κ2) is 5.66. The van der Waals surface area contributed by atoms with Crippen molar-refractivity contribution in [2.24, 2.45) is 5.41 Å². The van der Waals surface area contributed by atoms with Crippen LogP contribution >= 0.6 is 15.9 Å². The highest BCUT2D eigenvalue weighted by atomic mass is 79.9. The van der Waals surface area contributed by atoms with E-state index >= 15 is 0 Å². The monoisotopic (exact) mass is 311 g/mol. The molecule has 1 rings (SSSR count). The van der Waals surface area contributed by atoms with E-state index in [9.17, 15) is 4.79 Å². The number of halogens is 1. The molecular weight excluding hydrogens is 294 g/mol. The average Bonchev–Trinajstić information content (AvgIpc) is 2.31. The number of nitrogens with zero attached hydrogens (tertiary/aromatic N) is 3. The van der Waals surface area contributed by atoms with Gasteiger partial charge in [-0.05, 0) is 56.5 Å². The molecule has 0 aliphatic carbocycles. The summed E-state index contributed by atoms with van der Waals surface area (Å²) in [6, 6.07) is 2.27. The van der Waals surface area contributed by atoms with Gasteiger partial charge in [0.15, 0.2) is 0 Å². The predicted octanol–water partition coefficient (Wildman–Crippen LogP) is 2.95. The Morgan fingerprint density at radius 3 is 2.61 bits per heavy atom. The first-order valence-corrected chi connectivity index (χ1v) is 6.72. The normalized spacial score (nSPS) is 11.3. The van der Waals surface area contributed by atoms with Crippen LogP contribution in [0.1, 0.15) is 38.1 Å². The first kappa shape index (κ1) is 14.9. The Balaban J connectivity index is 2.85. The van der Waals surface area contributed by atoms with E-state index in [1.807, 2.05) is 27.7 Å². The van der Waals surface area contributed by atoms with Crippen molar-refractivity contribution in [3.8, 4) is 6.07 Å². The van der Waals surface area contributed by atoms with Crippen LogP contribution in [0.2, 0.25) is 0 Å². The summed E-state index contributed by atoms with van der Waals surface area (Å²) in [5.74, 6) is 0. The van der Waals surface area contributed by atoms with E-state index < -0.39 is 0 Å². The Morgan fingerprint density at radius 1 is 1.44 bits per heavy atom. The van der Waals surface area contributed by atoms with Gasteiger partial charge in [-0.15, -0.1) is 0 Å². The Hall–Kier alpha value is -1.15. The molecule has 1 aromatic heterocycles. The third-order valence-corrected chi connectivity index (χ3v) is 4.17. The number of hydrogen-bond acceptors (Lipinski definition) is 3. The van der Waals surface area contributed by atoms with E-state index in [1.165, 1.54) is 0 Å². The van der Waals surface area contributed by atoms with Crippen LogP contribution in [0.25, 0.3) is 0 Å². The van der Waals surface area contributed by atoms with Gasteiger partial charge in [0.2, 0.25) is 0 Å². The maximum Gasteiger partial charge on any atom is 0.348 e. The summed E-state index contributed by atoms with van der Waals surface area (Å²) in [6.07, 6.45) is 1.55. The summed E-state index contributed by atoms with van der Waals surface area (Å²) < 4.78 is 2.53. The fraction of sp³-hybridized carbons (Fsp3) is 0.615. The van der Waals surface area contributed by atoms with Crippen LogP contribution in [0.5, 0.6) is 0 Å². The van der Waals surface area contributed by atoms with Crippen LogP contribution in [-0.4, -0.2) is 9.55 Å². The SMILES string of the molecule is Cc1nc(=O)n(CCCC(C)(C)C#N)c(C)c1Br. The Labute approximate surface area is 116 Å². The van der Waals surface area contributed by atoms with E-state index in [2.05, 4.69) is 27.0 Å². The summed E-state index contributed by atoms with van der Waals surface area (Å²) in [4.78, 5) is 15.8. The zero-order chi connectivity index (χ0) is 13.9. The molecule has 0 aromatic carbocycles. The Kier molecular flexibility index (Phi) is 4.69. The number of rotatable bonds is 4. The summed E-state index contributed by atoms with van der Waals surface area (Å²) >= 11 is 3.43. The van der Waals surface area contributed by atoms with Crippen molar-refractivity contribution in [1.82, 2.24) is 9.55 Å². The molecule has 0 aliphatic rings. The molecule has 0 amide bonds. The van der Waals surface area contributed by atoms with Crippen LogP contribution in [0.4, 0.5) is 0 Å². The third kappa shape index (κ3) is 3.42. The van der Waals surface area contributed by atoms with Gasteiger partial charge in [-0.2, -0.15) is 10.2 Å². The van der Waals surface area contributed by atoms with Gasteiger partial charge in [0.25, 0.3) is 0 Å². The van der Waals surface area contributed by atoms with Gasteiger partial charge in [-0.25, -0.2) is 4.79 Å². The summed E-state index contributed by atoms with van der Waals surface area (Å²) in [7, 11) is 0. The average molecular weight is 312 g/mol. The fourth-order valence-corrected chi connectivity index (χ4v) is 2.08. The Morgan fingerprint density at radius 2 is 2.06 bits per heavy atom. The molecule has 0 spiro atoms. The Bertz CT molecular complexity index is 540. The van der Waals surface area contributed by atoms with Crippen LogP contribution in [0.15, 0.2) is 9.27 Å². The number of aromatic nitrogens is 2. The molecule has 0 unspecified atom stereocenters. The molecule has 0 bridgehead atoms. The van der Waals surface area contributed by atoms with E-state index in [0.29, 0.717) is 12.2 Å². The molecular formula is C13H18BrN3O. The van der Waals surface area contributed by atoms with E-state index in [-0.39, 0.29) is 11.1 Å². The molecule has 4 nitrogen and oxygen atoms in total.